The molecule has 2 nitrogen and oxygen atoms in total. The molecule has 1 atom stereocenters. The van der Waals surface area contributed by atoms with Crippen LogP contribution in [0.15, 0.2) is 11.4 Å². The molecule has 0 radical (unpaired) electrons. The van der Waals surface area contributed by atoms with Crippen molar-refractivity contribution < 1.29 is 0 Å². The minimum absolute atomic E-state index is 0.216. The highest BCUT2D eigenvalue weighted by Crippen LogP contribution is 2.33. The van der Waals surface area contributed by atoms with Crippen molar-refractivity contribution in [2.75, 3.05) is 20.6 Å². The number of thiophene rings is 1. The van der Waals surface area contributed by atoms with Gasteiger partial charge in [-0.25, -0.2) is 0 Å². The van der Waals surface area contributed by atoms with Crippen LogP contribution >= 0.6 is 11.3 Å². The van der Waals surface area contributed by atoms with Crippen molar-refractivity contribution in [2.45, 2.75) is 44.7 Å². The van der Waals surface area contributed by atoms with Crippen molar-refractivity contribution in [2.24, 2.45) is 0 Å². The summed E-state index contributed by atoms with van der Waals surface area (Å²) in [7, 11) is 4.30. The van der Waals surface area contributed by atoms with Crippen LogP contribution in [0.2, 0.25) is 0 Å². The second-order valence-corrected chi connectivity index (χ2v) is 6.83. The van der Waals surface area contributed by atoms with Gasteiger partial charge >= 0.3 is 0 Å². The van der Waals surface area contributed by atoms with E-state index in [1.807, 2.05) is 11.3 Å². The fourth-order valence-electron chi connectivity index (χ4n) is 2.23. The van der Waals surface area contributed by atoms with E-state index in [2.05, 4.69) is 49.6 Å². The zero-order valence-corrected chi connectivity index (χ0v) is 12.2. The largest absolute Gasteiger partial charge is 0.308 e. The lowest BCUT2D eigenvalue weighted by Crippen LogP contribution is -2.47. The van der Waals surface area contributed by atoms with Gasteiger partial charge in [-0.1, -0.05) is 0 Å². The first-order valence-electron chi connectivity index (χ1n) is 6.48. The monoisotopic (exact) mass is 252 g/mol. The summed E-state index contributed by atoms with van der Waals surface area (Å²) in [4.78, 5) is 3.88. The van der Waals surface area contributed by atoms with Gasteiger partial charge < -0.3 is 10.2 Å². The predicted molar refractivity (Wildman–Crippen MR) is 75.8 cm³/mol. The van der Waals surface area contributed by atoms with Crippen molar-refractivity contribution in [1.82, 2.24) is 10.2 Å². The summed E-state index contributed by atoms with van der Waals surface area (Å²) in [6.07, 6.45) is 3.89. The van der Waals surface area contributed by atoms with Gasteiger partial charge in [0.2, 0.25) is 0 Å². The summed E-state index contributed by atoms with van der Waals surface area (Å²) in [6.45, 7) is 5.62. The number of nitrogens with one attached hydrogen (secondary N) is 1. The van der Waals surface area contributed by atoms with Crippen LogP contribution in [0.25, 0.3) is 0 Å². The molecule has 1 unspecified atom stereocenters. The lowest BCUT2D eigenvalue weighted by molar-refractivity contribution is 0.182. The molecule has 0 amide bonds. The van der Waals surface area contributed by atoms with Crippen molar-refractivity contribution in [1.29, 1.82) is 0 Å². The lowest BCUT2D eigenvalue weighted by Gasteiger charge is -2.35. The third kappa shape index (κ3) is 2.90. The first-order chi connectivity index (χ1) is 8.00. The van der Waals surface area contributed by atoms with E-state index >= 15 is 0 Å². The third-order valence-electron chi connectivity index (χ3n) is 4.04. The summed E-state index contributed by atoms with van der Waals surface area (Å²) in [5.74, 6) is 0. The van der Waals surface area contributed by atoms with Gasteiger partial charge in [0.15, 0.2) is 0 Å². The normalized spacial score (nSPS) is 20.6. The summed E-state index contributed by atoms with van der Waals surface area (Å²) in [5, 5.41) is 5.99. The molecular formula is C14H24N2S. The molecule has 0 aliphatic heterocycles. The second kappa shape index (κ2) is 5.09. The Morgan fingerprint density at radius 3 is 2.94 bits per heavy atom. The van der Waals surface area contributed by atoms with E-state index in [9.17, 15) is 0 Å². The molecular weight excluding hydrogens is 228 g/mol. The highest BCUT2D eigenvalue weighted by atomic mass is 32.1. The molecule has 17 heavy (non-hydrogen) atoms. The summed E-state index contributed by atoms with van der Waals surface area (Å²) < 4.78 is 0. The Balaban J connectivity index is 1.98. The molecule has 2 rings (SSSR count). The number of aryl methyl sites for hydroxylation is 1. The van der Waals surface area contributed by atoms with Gasteiger partial charge in [-0.2, -0.15) is 0 Å². The van der Waals surface area contributed by atoms with Crippen LogP contribution in [0.5, 0.6) is 0 Å². The van der Waals surface area contributed by atoms with E-state index in [0.29, 0.717) is 6.04 Å². The maximum absolute atomic E-state index is 3.75. The summed E-state index contributed by atoms with van der Waals surface area (Å²) >= 11 is 1.92. The molecule has 1 aliphatic rings. The third-order valence-corrected chi connectivity index (χ3v) is 5.04. The first-order valence-corrected chi connectivity index (χ1v) is 7.36. The van der Waals surface area contributed by atoms with Crippen molar-refractivity contribution in [3.8, 4) is 0 Å². The average Bonchev–Trinajstić information content (AvgIpc) is 2.74. The maximum atomic E-state index is 3.75. The highest BCUT2D eigenvalue weighted by molar-refractivity contribution is 7.10. The number of rotatable bonds is 4. The number of nitrogens with zero attached hydrogens (tertiary/aromatic N) is 1. The number of fused-ring (bicyclic) bond motifs is 1. The second-order valence-electron chi connectivity index (χ2n) is 5.83. The molecule has 1 aromatic heterocycles. The van der Waals surface area contributed by atoms with Gasteiger partial charge in [0.05, 0.1) is 0 Å². The van der Waals surface area contributed by atoms with Gasteiger partial charge in [0.1, 0.15) is 0 Å². The van der Waals surface area contributed by atoms with E-state index in [4.69, 9.17) is 0 Å². The maximum Gasteiger partial charge on any atom is 0.0332 e. The first kappa shape index (κ1) is 13.1. The highest BCUT2D eigenvalue weighted by Gasteiger charge is 2.25. The van der Waals surface area contributed by atoms with Gasteiger partial charge in [0, 0.05) is 23.0 Å². The van der Waals surface area contributed by atoms with E-state index in [0.717, 1.165) is 6.54 Å². The number of hydrogen-bond donors (Lipinski definition) is 1. The quantitative estimate of drug-likeness (QED) is 0.886. The van der Waals surface area contributed by atoms with Crippen LogP contribution in [-0.2, 0) is 6.42 Å². The predicted octanol–water partition coefficient (Wildman–Crippen LogP) is 3.06. The van der Waals surface area contributed by atoms with Crippen LogP contribution in [0.1, 0.15) is 43.2 Å². The Morgan fingerprint density at radius 2 is 2.24 bits per heavy atom. The fourth-order valence-corrected chi connectivity index (χ4v) is 3.22. The molecule has 1 aromatic rings. The van der Waals surface area contributed by atoms with Crippen LogP contribution in [0, 0.1) is 0 Å². The average molecular weight is 252 g/mol. The van der Waals surface area contributed by atoms with Gasteiger partial charge in [-0.05, 0) is 64.2 Å². The van der Waals surface area contributed by atoms with E-state index in [-0.39, 0.29) is 5.54 Å². The van der Waals surface area contributed by atoms with Crippen LogP contribution in [0.3, 0.4) is 0 Å². The molecule has 1 heterocycles. The van der Waals surface area contributed by atoms with Gasteiger partial charge in [-0.15, -0.1) is 11.3 Å². The SMILES string of the molecule is CN(C)C(C)(C)CNC1CCCc2sccc21. The van der Waals surface area contributed by atoms with E-state index in [1.165, 1.54) is 19.3 Å². The Bertz CT molecular complexity index is 368. The van der Waals surface area contributed by atoms with Gasteiger partial charge in [0.25, 0.3) is 0 Å². The van der Waals surface area contributed by atoms with E-state index in [1.54, 1.807) is 10.4 Å². The van der Waals surface area contributed by atoms with Gasteiger partial charge in [-0.3, -0.25) is 0 Å². The van der Waals surface area contributed by atoms with Crippen molar-refractivity contribution in [3.05, 3.63) is 21.9 Å². The molecule has 0 fully saturated rings. The Labute approximate surface area is 109 Å². The molecule has 0 saturated heterocycles. The molecule has 1 aliphatic carbocycles. The molecule has 0 spiro atoms. The molecule has 1 N–H and O–H groups in total. The minimum Gasteiger partial charge on any atom is -0.308 e. The Morgan fingerprint density at radius 1 is 1.47 bits per heavy atom. The molecule has 3 heteroatoms. The Kier molecular flexibility index (Phi) is 3.91. The van der Waals surface area contributed by atoms with Crippen molar-refractivity contribution in [3.63, 3.8) is 0 Å². The molecule has 96 valence electrons. The topological polar surface area (TPSA) is 15.3 Å². The summed E-state index contributed by atoms with van der Waals surface area (Å²) in [6, 6.07) is 2.88. The number of likely N-dealkylation sites (N-methyl/N-ethyl adjacent to an activating group) is 1. The fraction of sp³-hybridized carbons (Fsp3) is 0.714. The van der Waals surface area contributed by atoms with Crippen LogP contribution in [-0.4, -0.2) is 31.1 Å². The van der Waals surface area contributed by atoms with Crippen molar-refractivity contribution >= 4 is 11.3 Å². The van der Waals surface area contributed by atoms with Crippen LogP contribution < -0.4 is 5.32 Å². The Hall–Kier alpha value is -0.380. The smallest absolute Gasteiger partial charge is 0.0332 e. The standard InChI is InChI=1S/C14H24N2S/c1-14(2,16(3)4)10-15-12-6-5-7-13-11(12)8-9-17-13/h8-9,12,15H,5-7,10H2,1-4H3. The molecule has 0 aromatic carbocycles. The molecule has 0 bridgehead atoms. The molecule has 0 saturated carbocycles. The zero-order chi connectivity index (χ0) is 12.5. The summed E-state index contributed by atoms with van der Waals surface area (Å²) in [5.41, 5.74) is 1.77. The zero-order valence-electron chi connectivity index (χ0n) is 11.4. The van der Waals surface area contributed by atoms with Crippen LogP contribution in [0.4, 0.5) is 0 Å². The number of hydrogen-bond acceptors (Lipinski definition) is 3. The van der Waals surface area contributed by atoms with E-state index < -0.39 is 0 Å². The lowest BCUT2D eigenvalue weighted by atomic mass is 9.93. The minimum atomic E-state index is 0.216.